The van der Waals surface area contributed by atoms with Gasteiger partial charge in [0.2, 0.25) is 0 Å². The van der Waals surface area contributed by atoms with Crippen LogP contribution in [-0.4, -0.2) is 24.7 Å². The Labute approximate surface area is 42.4 Å². The first-order valence-corrected chi connectivity index (χ1v) is 3.42. The molecular weight excluding hydrogens is 245 g/mol. The molecule has 0 aliphatic rings. The van der Waals surface area contributed by atoms with E-state index in [0.717, 1.165) is 3.63 Å². The van der Waals surface area contributed by atoms with Crippen LogP contribution in [0.4, 0.5) is 0 Å². The van der Waals surface area contributed by atoms with Crippen LogP contribution in [-0.2, 0) is 0 Å². The third-order valence-electron chi connectivity index (χ3n) is 0. The van der Waals surface area contributed by atoms with E-state index in [-0.39, 0.29) is 0 Å². The summed E-state index contributed by atoms with van der Waals surface area (Å²) >= 11 is 1.51. The van der Waals surface area contributed by atoms with Crippen molar-refractivity contribution in [3.63, 3.8) is 0 Å². The molecule has 0 aromatic carbocycles. The number of rotatable bonds is 0. The third kappa shape index (κ3) is 13.1. The van der Waals surface area contributed by atoms with Crippen LogP contribution >= 0.6 is 0 Å². The SMILES string of the molecule is C[CH](C)[Bi]. The summed E-state index contributed by atoms with van der Waals surface area (Å²) in [6.07, 6.45) is 0. The van der Waals surface area contributed by atoms with Crippen LogP contribution in [0.2, 0.25) is 3.63 Å². The van der Waals surface area contributed by atoms with E-state index in [1.807, 2.05) is 0 Å². The van der Waals surface area contributed by atoms with Crippen LogP contribution in [0.5, 0.6) is 0 Å². The molecule has 0 bridgehead atoms. The Bertz CT molecular complexity index is 8.00. The van der Waals surface area contributed by atoms with E-state index in [1.165, 1.54) is 24.7 Å². The second-order valence-corrected chi connectivity index (χ2v) is 5.11. The van der Waals surface area contributed by atoms with Crippen molar-refractivity contribution in [1.29, 1.82) is 0 Å². The molecule has 0 unspecified atom stereocenters. The molecule has 0 rings (SSSR count). The molecule has 24 valence electrons. The molecule has 0 spiro atoms. The first kappa shape index (κ1) is 4.88. The zero-order valence-electron chi connectivity index (χ0n) is 3.02. The normalized spacial score (nSPS) is 9.00. The summed E-state index contributed by atoms with van der Waals surface area (Å²) in [4.78, 5) is 0. The van der Waals surface area contributed by atoms with Gasteiger partial charge in [0.05, 0.1) is 0 Å². The monoisotopic (exact) mass is 252 g/mol. The molecule has 0 fully saturated rings. The summed E-state index contributed by atoms with van der Waals surface area (Å²) in [6, 6.07) is 0. The van der Waals surface area contributed by atoms with E-state index in [1.54, 1.807) is 0 Å². The zero-order valence-corrected chi connectivity index (χ0v) is 6.50. The Morgan fingerprint density at radius 1 is 1.50 bits per heavy atom. The molecule has 1 heteroatoms. The first-order valence-electron chi connectivity index (χ1n) is 1.41. The summed E-state index contributed by atoms with van der Waals surface area (Å²) in [5.74, 6) is 0. The quantitative estimate of drug-likeness (QED) is 0.564. The minimum atomic E-state index is 0.944. The van der Waals surface area contributed by atoms with Crippen molar-refractivity contribution in [3.8, 4) is 0 Å². The van der Waals surface area contributed by atoms with Gasteiger partial charge in [0.15, 0.2) is 0 Å². The molecule has 0 aromatic heterocycles. The summed E-state index contributed by atoms with van der Waals surface area (Å²) in [7, 11) is 0. The maximum atomic E-state index is 2.22. The molecule has 0 aliphatic carbocycles. The Hall–Kier alpha value is 0.883. The number of hydrogen-bond donors (Lipinski definition) is 0. The van der Waals surface area contributed by atoms with E-state index < -0.39 is 0 Å². The maximum absolute atomic E-state index is 2.22. The Morgan fingerprint density at radius 3 is 1.50 bits per heavy atom. The molecular formula is C3H7Bi. The Kier molecular flexibility index (Phi) is 2.61. The van der Waals surface area contributed by atoms with Crippen LogP contribution in [0.15, 0.2) is 0 Å². The van der Waals surface area contributed by atoms with Gasteiger partial charge in [-0.05, 0) is 0 Å². The van der Waals surface area contributed by atoms with Crippen LogP contribution in [0.25, 0.3) is 0 Å². The van der Waals surface area contributed by atoms with Crippen LogP contribution in [0.1, 0.15) is 13.8 Å². The fourth-order valence-electron chi connectivity index (χ4n) is 0. The van der Waals surface area contributed by atoms with Gasteiger partial charge in [-0.15, -0.1) is 0 Å². The molecule has 0 amide bonds. The third-order valence-corrected chi connectivity index (χ3v) is 0. The Morgan fingerprint density at radius 2 is 1.50 bits per heavy atom. The molecule has 0 N–H and O–H groups in total. The summed E-state index contributed by atoms with van der Waals surface area (Å²) < 4.78 is 0.944. The topological polar surface area (TPSA) is 0 Å². The fraction of sp³-hybridized carbons (Fsp3) is 1.00. The van der Waals surface area contributed by atoms with Gasteiger partial charge in [-0.2, -0.15) is 0 Å². The minimum absolute atomic E-state index is 0.944. The van der Waals surface area contributed by atoms with Gasteiger partial charge in [0, 0.05) is 0 Å². The van der Waals surface area contributed by atoms with Crippen molar-refractivity contribution in [2.24, 2.45) is 0 Å². The van der Waals surface area contributed by atoms with E-state index in [2.05, 4.69) is 13.8 Å². The van der Waals surface area contributed by atoms with E-state index >= 15 is 0 Å². The van der Waals surface area contributed by atoms with Crippen LogP contribution in [0.3, 0.4) is 0 Å². The van der Waals surface area contributed by atoms with E-state index in [0.29, 0.717) is 0 Å². The Balaban J connectivity index is 2.32. The van der Waals surface area contributed by atoms with Gasteiger partial charge in [-0.1, -0.05) is 0 Å². The average Bonchev–Trinajstić information content (AvgIpc) is 0.811. The van der Waals surface area contributed by atoms with Gasteiger partial charge in [-0.25, -0.2) is 0 Å². The predicted molar refractivity (Wildman–Crippen MR) is 20.9 cm³/mol. The van der Waals surface area contributed by atoms with Crippen molar-refractivity contribution in [2.45, 2.75) is 17.5 Å². The summed E-state index contributed by atoms with van der Waals surface area (Å²) in [5, 5.41) is 0. The summed E-state index contributed by atoms with van der Waals surface area (Å²) in [5.41, 5.74) is 0. The second kappa shape index (κ2) is 2.14. The van der Waals surface area contributed by atoms with E-state index in [4.69, 9.17) is 0 Å². The molecule has 0 heterocycles. The van der Waals surface area contributed by atoms with Gasteiger partial charge < -0.3 is 0 Å². The molecule has 0 nitrogen and oxygen atoms in total. The molecule has 0 aliphatic heterocycles. The predicted octanol–water partition coefficient (Wildman–Crippen LogP) is 0.983. The van der Waals surface area contributed by atoms with Crippen LogP contribution < -0.4 is 0 Å². The zero-order chi connectivity index (χ0) is 3.58. The van der Waals surface area contributed by atoms with Gasteiger partial charge in [0.1, 0.15) is 0 Å². The standard InChI is InChI=1S/C3H7.Bi/c1-3-2;/h3H,1-2H3;. The van der Waals surface area contributed by atoms with Crippen molar-refractivity contribution in [3.05, 3.63) is 0 Å². The van der Waals surface area contributed by atoms with Gasteiger partial charge >= 0.3 is 42.2 Å². The molecule has 0 atom stereocenters. The molecule has 0 aromatic rings. The molecule has 0 saturated heterocycles. The number of hydrogen-bond acceptors (Lipinski definition) is 0. The second-order valence-electron chi connectivity index (χ2n) is 1.09. The summed E-state index contributed by atoms with van der Waals surface area (Å²) in [6.45, 7) is 4.43. The van der Waals surface area contributed by atoms with Crippen molar-refractivity contribution < 1.29 is 0 Å². The van der Waals surface area contributed by atoms with Crippen molar-refractivity contribution in [2.75, 3.05) is 0 Å². The average molecular weight is 252 g/mol. The van der Waals surface area contributed by atoms with Crippen molar-refractivity contribution >= 4 is 24.7 Å². The molecule has 4 heavy (non-hydrogen) atoms. The molecule has 0 saturated carbocycles. The van der Waals surface area contributed by atoms with E-state index in [9.17, 15) is 0 Å². The van der Waals surface area contributed by atoms with Gasteiger partial charge in [0.25, 0.3) is 0 Å². The van der Waals surface area contributed by atoms with Crippen LogP contribution in [0, 0.1) is 0 Å². The van der Waals surface area contributed by atoms with Crippen molar-refractivity contribution in [1.82, 2.24) is 0 Å². The molecule has 2 radical (unpaired) electrons. The fourth-order valence-corrected chi connectivity index (χ4v) is 0. The van der Waals surface area contributed by atoms with Gasteiger partial charge in [-0.3, -0.25) is 0 Å². The first-order chi connectivity index (χ1) is 1.73.